The number of hydrogen-bond donors (Lipinski definition) is 1. The van der Waals surface area contributed by atoms with Gasteiger partial charge in [-0.25, -0.2) is 0 Å². The highest BCUT2D eigenvalue weighted by atomic mass is 16.5. The summed E-state index contributed by atoms with van der Waals surface area (Å²) in [5.41, 5.74) is 9.12. The van der Waals surface area contributed by atoms with Gasteiger partial charge in [-0.15, -0.1) is 0 Å². The standard InChI is InChI=1S/C18H18N2O/c1-13(19)15-6-3-5-9-18(15)21-12-14-10-11-20-17-8-4-2-7-16(14)17/h2-11,13H,12,19H2,1H3/t13-/m0/s1. The zero-order valence-corrected chi connectivity index (χ0v) is 12.0. The third-order valence-electron chi connectivity index (χ3n) is 3.53. The Labute approximate surface area is 124 Å². The summed E-state index contributed by atoms with van der Waals surface area (Å²) < 4.78 is 5.98. The molecular formula is C18H18N2O. The third-order valence-corrected chi connectivity index (χ3v) is 3.53. The van der Waals surface area contributed by atoms with Gasteiger partial charge in [0.25, 0.3) is 0 Å². The second kappa shape index (κ2) is 5.94. The second-order valence-electron chi connectivity index (χ2n) is 5.10. The smallest absolute Gasteiger partial charge is 0.124 e. The van der Waals surface area contributed by atoms with Crippen molar-refractivity contribution >= 4 is 10.9 Å². The summed E-state index contributed by atoms with van der Waals surface area (Å²) in [6.07, 6.45) is 1.82. The normalized spacial score (nSPS) is 12.3. The maximum absolute atomic E-state index is 5.98. The maximum atomic E-state index is 5.98. The number of aromatic nitrogens is 1. The van der Waals surface area contributed by atoms with Crippen LogP contribution in [0.3, 0.4) is 0 Å². The van der Waals surface area contributed by atoms with Crippen molar-refractivity contribution in [3.63, 3.8) is 0 Å². The van der Waals surface area contributed by atoms with E-state index in [-0.39, 0.29) is 6.04 Å². The minimum Gasteiger partial charge on any atom is -0.489 e. The molecule has 0 aliphatic rings. The van der Waals surface area contributed by atoms with Crippen LogP contribution in [-0.2, 0) is 6.61 Å². The van der Waals surface area contributed by atoms with Crippen molar-refractivity contribution in [3.05, 3.63) is 71.9 Å². The van der Waals surface area contributed by atoms with Gasteiger partial charge in [-0.1, -0.05) is 36.4 Å². The monoisotopic (exact) mass is 278 g/mol. The van der Waals surface area contributed by atoms with Gasteiger partial charge in [-0.3, -0.25) is 4.98 Å². The number of nitrogens with zero attached hydrogens (tertiary/aromatic N) is 1. The Morgan fingerprint density at radius 1 is 1.05 bits per heavy atom. The minimum atomic E-state index is -0.0459. The Morgan fingerprint density at radius 3 is 2.67 bits per heavy atom. The largest absolute Gasteiger partial charge is 0.489 e. The van der Waals surface area contributed by atoms with Crippen LogP contribution in [0.25, 0.3) is 10.9 Å². The van der Waals surface area contributed by atoms with Crippen LogP contribution >= 0.6 is 0 Å². The third kappa shape index (κ3) is 2.88. The van der Waals surface area contributed by atoms with Crippen molar-refractivity contribution in [2.45, 2.75) is 19.6 Å². The lowest BCUT2D eigenvalue weighted by atomic mass is 10.1. The van der Waals surface area contributed by atoms with Gasteiger partial charge < -0.3 is 10.5 Å². The number of ether oxygens (including phenoxy) is 1. The molecule has 1 heterocycles. The Kier molecular flexibility index (Phi) is 3.84. The van der Waals surface area contributed by atoms with Crippen molar-refractivity contribution in [3.8, 4) is 5.75 Å². The van der Waals surface area contributed by atoms with E-state index >= 15 is 0 Å². The van der Waals surface area contributed by atoms with Crippen LogP contribution < -0.4 is 10.5 Å². The molecule has 0 spiro atoms. The molecular weight excluding hydrogens is 260 g/mol. The van der Waals surface area contributed by atoms with E-state index in [0.717, 1.165) is 27.8 Å². The van der Waals surface area contributed by atoms with Crippen LogP contribution in [-0.4, -0.2) is 4.98 Å². The van der Waals surface area contributed by atoms with Gasteiger partial charge in [0.15, 0.2) is 0 Å². The molecule has 0 saturated carbocycles. The zero-order valence-electron chi connectivity index (χ0n) is 12.0. The van der Waals surface area contributed by atoms with E-state index in [2.05, 4.69) is 11.1 Å². The molecule has 1 atom stereocenters. The van der Waals surface area contributed by atoms with E-state index in [0.29, 0.717) is 6.61 Å². The molecule has 0 fully saturated rings. The predicted octanol–water partition coefficient (Wildman–Crippen LogP) is 3.83. The first-order valence-electron chi connectivity index (χ1n) is 7.05. The molecule has 0 radical (unpaired) electrons. The Hall–Kier alpha value is -2.39. The molecule has 3 nitrogen and oxygen atoms in total. The molecule has 3 aromatic rings. The van der Waals surface area contributed by atoms with Crippen molar-refractivity contribution < 1.29 is 4.74 Å². The van der Waals surface area contributed by atoms with E-state index in [1.165, 1.54) is 0 Å². The van der Waals surface area contributed by atoms with E-state index in [1.54, 1.807) is 0 Å². The van der Waals surface area contributed by atoms with E-state index in [4.69, 9.17) is 10.5 Å². The second-order valence-corrected chi connectivity index (χ2v) is 5.10. The SMILES string of the molecule is C[C@H](N)c1ccccc1OCc1ccnc2ccccc12. The molecule has 0 amide bonds. The first-order chi connectivity index (χ1) is 10.3. The van der Waals surface area contributed by atoms with Gasteiger partial charge in [0.1, 0.15) is 12.4 Å². The highest BCUT2D eigenvalue weighted by Crippen LogP contribution is 2.25. The summed E-state index contributed by atoms with van der Waals surface area (Å²) in [4.78, 5) is 4.37. The van der Waals surface area contributed by atoms with Gasteiger partial charge in [0, 0.05) is 28.8 Å². The van der Waals surface area contributed by atoms with Crippen molar-refractivity contribution in [2.75, 3.05) is 0 Å². The number of pyridine rings is 1. The number of nitrogens with two attached hydrogens (primary N) is 1. The van der Waals surface area contributed by atoms with E-state index in [1.807, 2.05) is 61.7 Å². The Morgan fingerprint density at radius 2 is 1.81 bits per heavy atom. The molecule has 3 heteroatoms. The van der Waals surface area contributed by atoms with Crippen molar-refractivity contribution in [1.82, 2.24) is 4.98 Å². The van der Waals surface area contributed by atoms with E-state index < -0.39 is 0 Å². The average molecular weight is 278 g/mol. The average Bonchev–Trinajstić information content (AvgIpc) is 2.53. The van der Waals surface area contributed by atoms with Crippen LogP contribution in [0.2, 0.25) is 0 Å². The fourth-order valence-corrected chi connectivity index (χ4v) is 2.42. The number of rotatable bonds is 4. The van der Waals surface area contributed by atoms with Crippen LogP contribution in [0.4, 0.5) is 0 Å². The number of hydrogen-bond acceptors (Lipinski definition) is 3. The first-order valence-corrected chi connectivity index (χ1v) is 7.05. The Bertz CT molecular complexity index is 748. The molecule has 21 heavy (non-hydrogen) atoms. The molecule has 2 N–H and O–H groups in total. The number of fused-ring (bicyclic) bond motifs is 1. The number of benzene rings is 2. The molecule has 0 saturated heterocycles. The lowest BCUT2D eigenvalue weighted by Crippen LogP contribution is -2.08. The minimum absolute atomic E-state index is 0.0459. The summed E-state index contributed by atoms with van der Waals surface area (Å²) in [5, 5.41) is 1.12. The van der Waals surface area contributed by atoms with Crippen LogP contribution in [0.1, 0.15) is 24.1 Å². The lowest BCUT2D eigenvalue weighted by molar-refractivity contribution is 0.303. The number of para-hydroxylation sites is 2. The molecule has 0 aliphatic heterocycles. The molecule has 3 rings (SSSR count). The summed E-state index contributed by atoms with van der Waals surface area (Å²) >= 11 is 0. The maximum Gasteiger partial charge on any atom is 0.124 e. The molecule has 0 bridgehead atoms. The summed E-state index contributed by atoms with van der Waals surface area (Å²) in [6.45, 7) is 2.47. The van der Waals surface area contributed by atoms with Crippen molar-refractivity contribution in [1.29, 1.82) is 0 Å². The fraction of sp³-hybridized carbons (Fsp3) is 0.167. The highest BCUT2D eigenvalue weighted by molar-refractivity contribution is 5.81. The topological polar surface area (TPSA) is 48.1 Å². The van der Waals surface area contributed by atoms with Crippen LogP contribution in [0.15, 0.2) is 60.8 Å². The van der Waals surface area contributed by atoms with Gasteiger partial charge >= 0.3 is 0 Å². The predicted molar refractivity (Wildman–Crippen MR) is 85.1 cm³/mol. The summed E-state index contributed by atoms with van der Waals surface area (Å²) in [5.74, 6) is 0.841. The van der Waals surface area contributed by atoms with E-state index in [9.17, 15) is 0 Å². The first kappa shape index (κ1) is 13.6. The zero-order chi connectivity index (χ0) is 14.7. The highest BCUT2D eigenvalue weighted by Gasteiger charge is 2.08. The molecule has 2 aromatic carbocycles. The van der Waals surface area contributed by atoms with Gasteiger partial charge in [0.05, 0.1) is 5.52 Å². The molecule has 106 valence electrons. The van der Waals surface area contributed by atoms with Gasteiger partial charge in [0.2, 0.25) is 0 Å². The van der Waals surface area contributed by atoms with Gasteiger partial charge in [-0.2, -0.15) is 0 Å². The quantitative estimate of drug-likeness (QED) is 0.789. The summed E-state index contributed by atoms with van der Waals surface area (Å²) in [6, 6.07) is 17.9. The molecule has 0 aliphatic carbocycles. The van der Waals surface area contributed by atoms with Crippen LogP contribution in [0.5, 0.6) is 5.75 Å². The Balaban J connectivity index is 1.87. The lowest BCUT2D eigenvalue weighted by Gasteiger charge is -2.14. The van der Waals surface area contributed by atoms with Crippen LogP contribution in [0, 0.1) is 0 Å². The van der Waals surface area contributed by atoms with Gasteiger partial charge in [-0.05, 0) is 25.1 Å². The summed E-state index contributed by atoms with van der Waals surface area (Å²) in [7, 11) is 0. The molecule has 1 aromatic heterocycles. The van der Waals surface area contributed by atoms with Crippen molar-refractivity contribution in [2.24, 2.45) is 5.73 Å². The molecule has 0 unspecified atom stereocenters. The fourth-order valence-electron chi connectivity index (χ4n) is 2.42.